The minimum atomic E-state index is -0.703. The molecule has 0 aliphatic heterocycles. The van der Waals surface area contributed by atoms with Crippen LogP contribution in [0.25, 0.3) is 11.5 Å². The normalized spacial score (nSPS) is 13.4. The smallest absolute Gasteiger partial charge is 0.355 e. The van der Waals surface area contributed by atoms with Crippen LogP contribution >= 0.6 is 0 Å². The van der Waals surface area contributed by atoms with Gasteiger partial charge in [0.25, 0.3) is 5.89 Å². The molecule has 2 N–H and O–H groups in total. The largest absolute Gasteiger partial charge is 0.448 e. The van der Waals surface area contributed by atoms with Crippen molar-refractivity contribution in [3.8, 4) is 11.5 Å². The molecule has 0 bridgehead atoms. The van der Waals surface area contributed by atoms with E-state index in [-0.39, 0.29) is 5.89 Å². The Morgan fingerprint density at radius 1 is 1.19 bits per heavy atom. The van der Waals surface area contributed by atoms with Crippen molar-refractivity contribution in [1.29, 1.82) is 0 Å². The molecule has 2 heterocycles. The van der Waals surface area contributed by atoms with Crippen LogP contribution in [0.5, 0.6) is 0 Å². The van der Waals surface area contributed by atoms with Gasteiger partial charge >= 0.3 is 5.97 Å². The Balaban J connectivity index is 1.76. The number of nitrogens with one attached hydrogen (secondary N) is 1. The van der Waals surface area contributed by atoms with Crippen LogP contribution in [0.4, 0.5) is 0 Å². The molecule has 0 unspecified atom stereocenters. The molecule has 0 aliphatic rings. The second-order valence-corrected chi connectivity index (χ2v) is 6.20. The van der Waals surface area contributed by atoms with E-state index in [1.165, 1.54) is 0 Å². The Morgan fingerprint density at radius 2 is 1.88 bits per heavy atom. The first-order valence-electron chi connectivity index (χ1n) is 8.35. The van der Waals surface area contributed by atoms with E-state index in [1.54, 1.807) is 27.7 Å². The highest BCUT2D eigenvalue weighted by Gasteiger charge is 2.25. The Kier molecular flexibility index (Phi) is 4.90. The van der Waals surface area contributed by atoms with Gasteiger partial charge in [-0.05, 0) is 45.4 Å². The van der Waals surface area contributed by atoms with Gasteiger partial charge in [0.15, 0.2) is 6.10 Å². The number of aromatic nitrogens is 3. The molecule has 0 fully saturated rings. The van der Waals surface area contributed by atoms with Crippen molar-refractivity contribution in [2.75, 3.05) is 0 Å². The van der Waals surface area contributed by atoms with Gasteiger partial charge in [-0.15, -0.1) is 10.2 Å². The molecule has 136 valence electrons. The van der Waals surface area contributed by atoms with Crippen molar-refractivity contribution in [2.45, 2.75) is 39.9 Å². The summed E-state index contributed by atoms with van der Waals surface area (Å²) in [4.78, 5) is 15.5. The first kappa shape index (κ1) is 17.9. The third-order valence-corrected chi connectivity index (χ3v) is 4.21. The summed E-state index contributed by atoms with van der Waals surface area (Å²) in [6.07, 6.45) is -1.37. The summed E-state index contributed by atoms with van der Waals surface area (Å²) in [7, 11) is 0. The molecule has 0 saturated carbocycles. The molecule has 3 rings (SSSR count). The number of nitrogens with zero attached hydrogens (tertiary/aromatic N) is 2. The minimum absolute atomic E-state index is 0.217. The predicted molar refractivity (Wildman–Crippen MR) is 94.5 cm³/mol. The topological polar surface area (TPSA) is 101 Å². The Bertz CT molecular complexity index is 912. The number of carbonyl (C=O) groups excluding carboxylic acids is 1. The molecule has 7 heteroatoms. The Labute approximate surface area is 151 Å². The number of rotatable bonds is 5. The Hall–Kier alpha value is -2.93. The number of esters is 1. The first-order valence-corrected chi connectivity index (χ1v) is 8.35. The van der Waals surface area contributed by atoms with Crippen LogP contribution in [0, 0.1) is 13.8 Å². The lowest BCUT2D eigenvalue weighted by Gasteiger charge is -2.09. The molecule has 3 aromatic rings. The molecule has 0 amide bonds. The van der Waals surface area contributed by atoms with E-state index >= 15 is 0 Å². The van der Waals surface area contributed by atoms with E-state index in [9.17, 15) is 9.90 Å². The van der Waals surface area contributed by atoms with Crippen LogP contribution in [0.1, 0.15) is 59.3 Å². The van der Waals surface area contributed by atoms with Crippen LogP contribution in [0.2, 0.25) is 0 Å². The lowest BCUT2D eigenvalue weighted by Crippen LogP contribution is -2.11. The van der Waals surface area contributed by atoms with Crippen LogP contribution in [0.15, 0.2) is 34.7 Å². The third-order valence-electron chi connectivity index (χ3n) is 4.21. The summed E-state index contributed by atoms with van der Waals surface area (Å²) in [5, 5.41) is 17.8. The van der Waals surface area contributed by atoms with Crippen molar-refractivity contribution in [2.24, 2.45) is 0 Å². The zero-order chi connectivity index (χ0) is 18.8. The van der Waals surface area contributed by atoms with Gasteiger partial charge in [0, 0.05) is 16.8 Å². The maximum absolute atomic E-state index is 12.5. The minimum Gasteiger partial charge on any atom is -0.448 e. The number of aliphatic hydroxyl groups excluding tert-OH is 1. The highest BCUT2D eigenvalue weighted by atomic mass is 16.6. The number of aryl methyl sites for hydroxylation is 1. The summed E-state index contributed by atoms with van der Waals surface area (Å²) >= 11 is 0. The monoisotopic (exact) mass is 355 g/mol. The van der Waals surface area contributed by atoms with Gasteiger partial charge in [-0.25, -0.2) is 4.79 Å². The lowest BCUT2D eigenvalue weighted by molar-refractivity contribution is 0.0272. The van der Waals surface area contributed by atoms with Crippen molar-refractivity contribution >= 4 is 5.97 Å². The maximum atomic E-state index is 12.5. The van der Waals surface area contributed by atoms with E-state index in [1.807, 2.05) is 30.3 Å². The molecule has 0 saturated heterocycles. The zero-order valence-electron chi connectivity index (χ0n) is 15.1. The van der Waals surface area contributed by atoms with E-state index in [2.05, 4.69) is 15.2 Å². The number of benzene rings is 1. The summed E-state index contributed by atoms with van der Waals surface area (Å²) in [6.45, 7) is 6.90. The fourth-order valence-corrected chi connectivity index (χ4v) is 2.96. The molecule has 26 heavy (non-hydrogen) atoms. The van der Waals surface area contributed by atoms with E-state index < -0.39 is 18.2 Å². The van der Waals surface area contributed by atoms with Crippen molar-refractivity contribution in [3.05, 3.63) is 58.7 Å². The molecule has 2 aromatic heterocycles. The first-order chi connectivity index (χ1) is 12.4. The molecule has 7 nitrogen and oxygen atoms in total. The van der Waals surface area contributed by atoms with Crippen LogP contribution in [0.3, 0.4) is 0 Å². The van der Waals surface area contributed by atoms with Gasteiger partial charge in [0.1, 0.15) is 5.69 Å². The second kappa shape index (κ2) is 7.13. The van der Waals surface area contributed by atoms with Gasteiger partial charge in [-0.3, -0.25) is 0 Å². The van der Waals surface area contributed by atoms with Crippen LogP contribution < -0.4 is 0 Å². The molecular formula is C19H21N3O4. The fourth-order valence-electron chi connectivity index (χ4n) is 2.96. The molecule has 0 spiro atoms. The van der Waals surface area contributed by atoms with E-state index in [0.29, 0.717) is 22.7 Å². The molecule has 0 radical (unpaired) electrons. The average Bonchev–Trinajstić information content (AvgIpc) is 3.20. The fraction of sp³-hybridized carbons (Fsp3) is 0.316. The van der Waals surface area contributed by atoms with Crippen molar-refractivity contribution in [3.63, 3.8) is 0 Å². The zero-order valence-corrected chi connectivity index (χ0v) is 15.1. The van der Waals surface area contributed by atoms with Gasteiger partial charge in [-0.1, -0.05) is 18.2 Å². The molecular weight excluding hydrogens is 334 g/mol. The average molecular weight is 355 g/mol. The maximum Gasteiger partial charge on any atom is 0.355 e. The molecule has 2 atom stereocenters. The van der Waals surface area contributed by atoms with Gasteiger partial charge in [-0.2, -0.15) is 0 Å². The predicted octanol–water partition coefficient (Wildman–Crippen LogP) is 3.65. The number of carbonyl (C=O) groups is 1. The number of ether oxygens (including phenoxy) is 1. The van der Waals surface area contributed by atoms with Gasteiger partial charge < -0.3 is 19.2 Å². The highest BCUT2D eigenvalue weighted by molar-refractivity contribution is 5.90. The number of aliphatic hydroxyl groups is 1. The second-order valence-electron chi connectivity index (χ2n) is 6.20. The summed E-state index contributed by atoms with van der Waals surface area (Å²) in [5.41, 5.74) is 3.22. The summed E-state index contributed by atoms with van der Waals surface area (Å²) in [5.74, 6) is 0.0464. The standard InChI is InChI=1S/C19H21N3O4/c1-10-15(12(3)23)11(2)20-16(10)19(24)25-13(4)17-21-22-18(26-17)14-8-6-5-7-9-14/h5-9,12-13,20,23H,1-4H3/t12-,13+/m1/s1. The summed E-state index contributed by atoms with van der Waals surface area (Å²) in [6, 6.07) is 9.36. The molecule has 0 aliphatic carbocycles. The van der Waals surface area contributed by atoms with Crippen LogP contribution in [-0.2, 0) is 4.74 Å². The Morgan fingerprint density at radius 3 is 2.50 bits per heavy atom. The quantitative estimate of drug-likeness (QED) is 0.677. The highest BCUT2D eigenvalue weighted by Crippen LogP contribution is 2.27. The third kappa shape index (κ3) is 3.39. The SMILES string of the molecule is Cc1[nH]c(C(=O)O[C@@H](C)c2nnc(-c3ccccc3)o2)c(C)c1[C@@H](C)O. The van der Waals surface area contributed by atoms with Crippen molar-refractivity contribution < 1.29 is 19.1 Å². The molecule has 1 aromatic carbocycles. The van der Waals surface area contributed by atoms with Gasteiger partial charge in [0.05, 0.1) is 6.10 Å². The van der Waals surface area contributed by atoms with E-state index in [0.717, 1.165) is 11.3 Å². The van der Waals surface area contributed by atoms with E-state index in [4.69, 9.17) is 9.15 Å². The van der Waals surface area contributed by atoms with Crippen molar-refractivity contribution in [1.82, 2.24) is 15.2 Å². The van der Waals surface area contributed by atoms with Crippen LogP contribution in [-0.4, -0.2) is 26.3 Å². The summed E-state index contributed by atoms with van der Waals surface area (Å²) < 4.78 is 11.1. The lowest BCUT2D eigenvalue weighted by atomic mass is 10.1. The number of hydrogen-bond donors (Lipinski definition) is 2. The number of H-pyrrole nitrogens is 1. The number of hydrogen-bond acceptors (Lipinski definition) is 6. The number of aromatic amines is 1. The van der Waals surface area contributed by atoms with Gasteiger partial charge in [0.2, 0.25) is 5.89 Å².